The van der Waals surface area contributed by atoms with E-state index >= 15 is 0 Å². The van der Waals surface area contributed by atoms with E-state index in [1.807, 2.05) is 6.07 Å². The third kappa shape index (κ3) is 6.09. The third-order valence-electron chi connectivity index (χ3n) is 4.48. The minimum atomic E-state index is -0.574. The molecular weight excluding hydrogens is 410 g/mol. The molecule has 3 aromatic rings. The summed E-state index contributed by atoms with van der Waals surface area (Å²) in [4.78, 5) is 35.5. The fourth-order valence-corrected chi connectivity index (χ4v) is 2.85. The van der Waals surface area contributed by atoms with Crippen molar-refractivity contribution in [3.63, 3.8) is 0 Å². The molecule has 0 unspecified atom stereocenters. The second kappa shape index (κ2) is 10.6. The predicted molar refractivity (Wildman–Crippen MR) is 120 cm³/mol. The number of benzene rings is 3. The largest absolute Gasteiger partial charge is 0.488 e. The highest BCUT2D eigenvalue weighted by Crippen LogP contribution is 2.20. The number of rotatable bonds is 9. The molecule has 3 aromatic carbocycles. The lowest BCUT2D eigenvalue weighted by molar-refractivity contribution is -0.122. The second-order valence-electron chi connectivity index (χ2n) is 6.79. The van der Waals surface area contributed by atoms with E-state index in [2.05, 4.69) is 10.6 Å². The molecule has 8 heteroatoms. The quantitative estimate of drug-likeness (QED) is 0.479. The number of primary amides is 1. The van der Waals surface area contributed by atoms with E-state index in [0.717, 1.165) is 5.56 Å². The molecular formula is C24H23N3O5. The SMILES string of the molecule is CNC(=O)COc1cccc(NC(=O)c2cccc(COc3ccccc3C(N)=O)c2)c1. The molecule has 0 fully saturated rings. The van der Waals surface area contributed by atoms with Gasteiger partial charge in [0.2, 0.25) is 0 Å². The van der Waals surface area contributed by atoms with Crippen LogP contribution in [0.1, 0.15) is 26.3 Å². The Morgan fingerprint density at radius 2 is 1.69 bits per heavy atom. The number of nitrogens with one attached hydrogen (secondary N) is 2. The van der Waals surface area contributed by atoms with Crippen molar-refractivity contribution in [3.8, 4) is 11.5 Å². The van der Waals surface area contributed by atoms with Crippen molar-refractivity contribution in [1.29, 1.82) is 0 Å². The zero-order chi connectivity index (χ0) is 22.9. The van der Waals surface area contributed by atoms with E-state index < -0.39 is 5.91 Å². The summed E-state index contributed by atoms with van der Waals surface area (Å²) in [6.07, 6.45) is 0. The monoisotopic (exact) mass is 433 g/mol. The first kappa shape index (κ1) is 22.4. The summed E-state index contributed by atoms with van der Waals surface area (Å²) in [5, 5.41) is 5.28. The summed E-state index contributed by atoms with van der Waals surface area (Å²) in [5.41, 5.74) is 7.38. The van der Waals surface area contributed by atoms with Gasteiger partial charge in [0.15, 0.2) is 6.61 Å². The van der Waals surface area contributed by atoms with Crippen LogP contribution in [0.4, 0.5) is 5.69 Å². The van der Waals surface area contributed by atoms with E-state index in [9.17, 15) is 14.4 Å². The van der Waals surface area contributed by atoms with Crippen molar-refractivity contribution in [2.45, 2.75) is 6.61 Å². The zero-order valence-electron chi connectivity index (χ0n) is 17.5. The van der Waals surface area contributed by atoms with Gasteiger partial charge in [0, 0.05) is 24.4 Å². The molecule has 3 amide bonds. The maximum Gasteiger partial charge on any atom is 0.257 e. The van der Waals surface area contributed by atoms with Gasteiger partial charge in [-0.3, -0.25) is 14.4 Å². The number of carbonyl (C=O) groups excluding carboxylic acids is 3. The summed E-state index contributed by atoms with van der Waals surface area (Å²) < 4.78 is 11.1. The van der Waals surface area contributed by atoms with E-state index in [-0.39, 0.29) is 25.0 Å². The molecule has 0 aliphatic rings. The van der Waals surface area contributed by atoms with Crippen molar-refractivity contribution in [3.05, 3.63) is 89.5 Å². The zero-order valence-corrected chi connectivity index (χ0v) is 17.5. The van der Waals surface area contributed by atoms with Crippen molar-refractivity contribution < 1.29 is 23.9 Å². The van der Waals surface area contributed by atoms with Gasteiger partial charge in [-0.25, -0.2) is 0 Å². The average molecular weight is 433 g/mol. The Hall–Kier alpha value is -4.33. The first-order chi connectivity index (χ1) is 15.5. The van der Waals surface area contributed by atoms with Gasteiger partial charge in [0.05, 0.1) is 5.56 Å². The number of hydrogen-bond donors (Lipinski definition) is 3. The molecule has 0 aromatic heterocycles. The van der Waals surface area contributed by atoms with Crippen molar-refractivity contribution in [2.75, 3.05) is 19.0 Å². The lowest BCUT2D eigenvalue weighted by atomic mass is 10.1. The van der Waals surface area contributed by atoms with Crippen LogP contribution in [0, 0.1) is 0 Å². The Morgan fingerprint density at radius 3 is 2.47 bits per heavy atom. The van der Waals surface area contributed by atoms with Crippen LogP contribution in [0.2, 0.25) is 0 Å². The van der Waals surface area contributed by atoms with Crippen LogP contribution >= 0.6 is 0 Å². The molecule has 8 nitrogen and oxygen atoms in total. The topological polar surface area (TPSA) is 120 Å². The molecule has 0 aliphatic heterocycles. The Balaban J connectivity index is 1.64. The van der Waals surface area contributed by atoms with Crippen molar-refractivity contribution in [2.24, 2.45) is 5.73 Å². The standard InChI is InChI=1S/C24H23N3O5/c1-26-22(28)15-31-19-9-5-8-18(13-19)27-24(30)17-7-4-6-16(12-17)14-32-21-11-3-2-10-20(21)23(25)29/h2-13H,14-15H2,1H3,(H2,25,29)(H,26,28)(H,27,30). The molecule has 32 heavy (non-hydrogen) atoms. The van der Waals surface area contributed by atoms with Crippen LogP contribution in [-0.2, 0) is 11.4 Å². The average Bonchev–Trinajstić information content (AvgIpc) is 2.81. The van der Waals surface area contributed by atoms with Crippen molar-refractivity contribution in [1.82, 2.24) is 5.32 Å². The molecule has 0 aliphatic carbocycles. The lowest BCUT2D eigenvalue weighted by Gasteiger charge is -2.11. The first-order valence-electron chi connectivity index (χ1n) is 9.81. The highest BCUT2D eigenvalue weighted by atomic mass is 16.5. The van der Waals surface area contributed by atoms with Gasteiger partial charge in [-0.2, -0.15) is 0 Å². The molecule has 0 saturated heterocycles. The highest BCUT2D eigenvalue weighted by molar-refractivity contribution is 6.04. The number of likely N-dealkylation sites (N-methyl/N-ethyl adjacent to an activating group) is 1. The minimum absolute atomic E-state index is 0.116. The molecule has 0 bridgehead atoms. The highest BCUT2D eigenvalue weighted by Gasteiger charge is 2.11. The van der Waals surface area contributed by atoms with Gasteiger partial charge in [-0.15, -0.1) is 0 Å². The lowest BCUT2D eigenvalue weighted by Crippen LogP contribution is -2.24. The second-order valence-corrected chi connectivity index (χ2v) is 6.79. The Bertz CT molecular complexity index is 1130. The maximum absolute atomic E-state index is 12.7. The summed E-state index contributed by atoms with van der Waals surface area (Å²) in [7, 11) is 1.53. The van der Waals surface area contributed by atoms with Gasteiger partial charge in [-0.05, 0) is 42.0 Å². The van der Waals surface area contributed by atoms with E-state index in [1.54, 1.807) is 66.7 Å². The van der Waals surface area contributed by atoms with Crippen LogP contribution in [0.5, 0.6) is 11.5 Å². The molecule has 0 atom stereocenters. The number of nitrogens with two attached hydrogens (primary N) is 1. The predicted octanol–water partition coefficient (Wildman–Crippen LogP) is 2.74. The number of ether oxygens (including phenoxy) is 2. The molecule has 0 spiro atoms. The first-order valence-corrected chi connectivity index (χ1v) is 9.81. The van der Waals surface area contributed by atoms with E-state index in [0.29, 0.717) is 28.3 Å². The number of amides is 3. The number of hydrogen-bond acceptors (Lipinski definition) is 5. The number of carbonyl (C=O) groups is 3. The fourth-order valence-electron chi connectivity index (χ4n) is 2.85. The van der Waals surface area contributed by atoms with Crippen LogP contribution < -0.4 is 25.8 Å². The summed E-state index contributed by atoms with van der Waals surface area (Å²) in [5.74, 6) is -0.301. The Kier molecular flexibility index (Phi) is 7.42. The summed E-state index contributed by atoms with van der Waals surface area (Å²) in [6, 6.07) is 20.4. The molecule has 0 saturated carbocycles. The maximum atomic E-state index is 12.7. The third-order valence-corrected chi connectivity index (χ3v) is 4.48. The Labute approximate surface area is 185 Å². The van der Waals surface area contributed by atoms with Crippen molar-refractivity contribution >= 4 is 23.4 Å². The fraction of sp³-hybridized carbons (Fsp3) is 0.125. The van der Waals surface area contributed by atoms with E-state index in [4.69, 9.17) is 15.2 Å². The molecule has 3 rings (SSSR count). The van der Waals surface area contributed by atoms with Gasteiger partial charge >= 0.3 is 0 Å². The van der Waals surface area contributed by atoms with Crippen LogP contribution in [0.25, 0.3) is 0 Å². The normalized spacial score (nSPS) is 10.2. The summed E-state index contributed by atoms with van der Waals surface area (Å²) in [6.45, 7) is 0.0447. The summed E-state index contributed by atoms with van der Waals surface area (Å²) >= 11 is 0. The minimum Gasteiger partial charge on any atom is -0.488 e. The molecule has 4 N–H and O–H groups in total. The Morgan fingerprint density at radius 1 is 0.906 bits per heavy atom. The number of para-hydroxylation sites is 1. The van der Waals surface area contributed by atoms with E-state index in [1.165, 1.54) is 7.05 Å². The van der Waals surface area contributed by atoms with Gasteiger partial charge in [0.1, 0.15) is 18.1 Å². The van der Waals surface area contributed by atoms with Crippen LogP contribution in [-0.4, -0.2) is 31.4 Å². The van der Waals surface area contributed by atoms with Crippen LogP contribution in [0.15, 0.2) is 72.8 Å². The van der Waals surface area contributed by atoms with Gasteiger partial charge in [0.25, 0.3) is 17.7 Å². The van der Waals surface area contributed by atoms with Gasteiger partial charge < -0.3 is 25.8 Å². The smallest absolute Gasteiger partial charge is 0.257 e. The molecule has 0 heterocycles. The molecule has 164 valence electrons. The molecule has 0 radical (unpaired) electrons. The van der Waals surface area contributed by atoms with Crippen LogP contribution in [0.3, 0.4) is 0 Å². The van der Waals surface area contributed by atoms with Gasteiger partial charge in [-0.1, -0.05) is 30.3 Å². The number of anilines is 1.